The molecule has 5 heteroatoms. The van der Waals surface area contributed by atoms with Crippen molar-refractivity contribution in [3.63, 3.8) is 0 Å². The second kappa shape index (κ2) is 6.55. The summed E-state index contributed by atoms with van der Waals surface area (Å²) in [4.78, 5) is 4.21. The zero-order valence-corrected chi connectivity index (χ0v) is 13.3. The molecule has 3 aromatic rings. The molecule has 0 aliphatic heterocycles. The maximum Gasteiger partial charge on any atom is 0.146 e. The van der Waals surface area contributed by atoms with Gasteiger partial charge in [-0.05, 0) is 36.8 Å². The Morgan fingerprint density at radius 1 is 1.22 bits per heavy atom. The van der Waals surface area contributed by atoms with E-state index in [1.165, 1.54) is 0 Å². The molecule has 0 fully saturated rings. The van der Waals surface area contributed by atoms with Gasteiger partial charge in [0.15, 0.2) is 0 Å². The predicted octanol–water partition coefficient (Wildman–Crippen LogP) is 4.56. The van der Waals surface area contributed by atoms with Crippen molar-refractivity contribution in [2.75, 3.05) is 0 Å². The molecule has 2 aromatic carbocycles. The van der Waals surface area contributed by atoms with Crippen LogP contribution in [0.2, 0.25) is 5.02 Å². The summed E-state index contributed by atoms with van der Waals surface area (Å²) in [6, 6.07) is 14.9. The van der Waals surface area contributed by atoms with Crippen molar-refractivity contribution in [2.45, 2.75) is 13.5 Å². The number of ether oxygens (including phenoxy) is 1. The Morgan fingerprint density at radius 3 is 2.74 bits per heavy atom. The first-order chi connectivity index (χ1) is 11.2. The molecule has 0 amide bonds. The average molecular weight is 324 g/mol. The number of para-hydroxylation sites is 1. The second-order valence-corrected chi connectivity index (χ2v) is 5.57. The molecule has 3 rings (SSSR count). The summed E-state index contributed by atoms with van der Waals surface area (Å²) in [5, 5.41) is 9.78. The van der Waals surface area contributed by atoms with E-state index >= 15 is 0 Å². The van der Waals surface area contributed by atoms with Gasteiger partial charge >= 0.3 is 0 Å². The maximum absolute atomic E-state index is 9.27. The fourth-order valence-electron chi connectivity index (χ4n) is 2.26. The highest BCUT2D eigenvalue weighted by molar-refractivity contribution is 6.32. The Labute approximate surface area is 139 Å². The van der Waals surface area contributed by atoms with E-state index in [1.807, 2.05) is 42.0 Å². The summed E-state index contributed by atoms with van der Waals surface area (Å²) < 4.78 is 7.82. The molecule has 0 aliphatic rings. The normalized spacial score (nSPS) is 10.3. The Bertz CT molecular complexity index is 880. The van der Waals surface area contributed by atoms with Gasteiger partial charge in [-0.15, -0.1) is 0 Å². The summed E-state index contributed by atoms with van der Waals surface area (Å²) in [5.74, 6) is 1.02. The van der Waals surface area contributed by atoms with Crippen molar-refractivity contribution in [1.29, 1.82) is 5.26 Å². The third kappa shape index (κ3) is 3.53. The van der Waals surface area contributed by atoms with Crippen LogP contribution in [-0.2, 0) is 6.54 Å². The molecule has 4 nitrogen and oxygen atoms in total. The highest BCUT2D eigenvalue weighted by Crippen LogP contribution is 2.31. The highest BCUT2D eigenvalue weighted by Gasteiger charge is 2.09. The van der Waals surface area contributed by atoms with Gasteiger partial charge < -0.3 is 9.30 Å². The van der Waals surface area contributed by atoms with Crippen molar-refractivity contribution >= 4 is 11.6 Å². The van der Waals surface area contributed by atoms with Gasteiger partial charge in [0.1, 0.15) is 17.6 Å². The van der Waals surface area contributed by atoms with Crippen LogP contribution in [0.15, 0.2) is 55.0 Å². The van der Waals surface area contributed by atoms with Crippen LogP contribution in [-0.4, -0.2) is 9.55 Å². The Morgan fingerprint density at radius 2 is 2.04 bits per heavy atom. The first kappa shape index (κ1) is 15.1. The smallest absolute Gasteiger partial charge is 0.146 e. The van der Waals surface area contributed by atoms with Crippen molar-refractivity contribution in [1.82, 2.24) is 9.55 Å². The topological polar surface area (TPSA) is 50.8 Å². The van der Waals surface area contributed by atoms with Crippen LogP contribution < -0.4 is 4.74 Å². The van der Waals surface area contributed by atoms with E-state index in [9.17, 15) is 5.26 Å². The molecule has 114 valence electrons. The van der Waals surface area contributed by atoms with Gasteiger partial charge in [0.2, 0.25) is 0 Å². The zero-order valence-electron chi connectivity index (χ0n) is 12.5. The number of benzene rings is 2. The molecule has 0 unspecified atom stereocenters. The highest BCUT2D eigenvalue weighted by atomic mass is 35.5. The molecule has 0 atom stereocenters. The second-order valence-electron chi connectivity index (χ2n) is 5.16. The molecule has 23 heavy (non-hydrogen) atoms. The standard InChI is InChI=1S/C18H14ClN3O/c1-13-10-22(12-21-13)11-14-6-7-15(9-20)18(8-14)23-17-5-3-2-4-16(17)19/h2-8,10,12H,11H2,1H3. The minimum Gasteiger partial charge on any atom is -0.454 e. The fourth-order valence-corrected chi connectivity index (χ4v) is 2.43. The molecule has 0 spiro atoms. The van der Waals surface area contributed by atoms with Crippen LogP contribution in [0.3, 0.4) is 0 Å². The lowest BCUT2D eigenvalue weighted by atomic mass is 10.1. The van der Waals surface area contributed by atoms with Crippen LogP contribution >= 0.6 is 11.6 Å². The van der Waals surface area contributed by atoms with Gasteiger partial charge in [0.05, 0.1) is 22.6 Å². The number of hydrogen-bond donors (Lipinski definition) is 0. The average Bonchev–Trinajstić information content (AvgIpc) is 2.95. The van der Waals surface area contributed by atoms with Gasteiger partial charge in [-0.3, -0.25) is 0 Å². The lowest BCUT2D eigenvalue weighted by Gasteiger charge is -2.11. The van der Waals surface area contributed by atoms with Gasteiger partial charge in [0.25, 0.3) is 0 Å². The van der Waals surface area contributed by atoms with Crippen LogP contribution in [0.4, 0.5) is 0 Å². The van der Waals surface area contributed by atoms with E-state index in [4.69, 9.17) is 16.3 Å². The van der Waals surface area contributed by atoms with Gasteiger partial charge in [0, 0.05) is 12.7 Å². The molecular formula is C18H14ClN3O. The van der Waals surface area contributed by atoms with Crippen LogP contribution in [0.5, 0.6) is 11.5 Å². The Balaban J connectivity index is 1.90. The molecule has 1 heterocycles. The van der Waals surface area contributed by atoms with Gasteiger partial charge in [-0.25, -0.2) is 4.98 Å². The first-order valence-electron chi connectivity index (χ1n) is 7.09. The molecule has 0 saturated heterocycles. The number of halogens is 1. The van der Waals surface area contributed by atoms with E-state index < -0.39 is 0 Å². The molecule has 0 saturated carbocycles. The van der Waals surface area contributed by atoms with Gasteiger partial charge in [-0.1, -0.05) is 29.8 Å². The summed E-state index contributed by atoms with van der Waals surface area (Å²) in [5.41, 5.74) is 2.45. The van der Waals surface area contributed by atoms with Crippen molar-refractivity contribution in [2.24, 2.45) is 0 Å². The van der Waals surface area contributed by atoms with E-state index in [2.05, 4.69) is 11.1 Å². The Kier molecular flexibility index (Phi) is 4.31. The maximum atomic E-state index is 9.27. The van der Waals surface area contributed by atoms with E-state index in [0.717, 1.165) is 11.3 Å². The van der Waals surface area contributed by atoms with E-state index in [-0.39, 0.29) is 0 Å². The molecule has 0 aliphatic carbocycles. The molecule has 1 aromatic heterocycles. The minimum absolute atomic E-state index is 0.468. The molecule has 0 N–H and O–H groups in total. The number of nitrogens with zero attached hydrogens (tertiary/aromatic N) is 3. The lowest BCUT2D eigenvalue weighted by Crippen LogP contribution is -1.98. The van der Waals surface area contributed by atoms with Crippen molar-refractivity contribution in [3.05, 3.63) is 76.8 Å². The number of aryl methyl sites for hydroxylation is 1. The molecule has 0 radical (unpaired) electrons. The predicted molar refractivity (Wildman–Crippen MR) is 88.7 cm³/mol. The third-order valence-corrected chi connectivity index (χ3v) is 3.66. The monoisotopic (exact) mass is 323 g/mol. The lowest BCUT2D eigenvalue weighted by molar-refractivity contribution is 0.480. The van der Waals surface area contributed by atoms with E-state index in [1.54, 1.807) is 24.5 Å². The van der Waals surface area contributed by atoms with Crippen LogP contribution in [0.1, 0.15) is 16.8 Å². The Hall–Kier alpha value is -2.77. The van der Waals surface area contributed by atoms with E-state index in [0.29, 0.717) is 28.6 Å². The first-order valence-corrected chi connectivity index (χ1v) is 7.47. The quantitative estimate of drug-likeness (QED) is 0.707. The number of imidazole rings is 1. The summed E-state index contributed by atoms with van der Waals surface area (Å²) in [6.45, 7) is 2.60. The molecule has 0 bridgehead atoms. The number of aromatic nitrogens is 2. The van der Waals surface area contributed by atoms with Crippen molar-refractivity contribution < 1.29 is 4.74 Å². The summed E-state index contributed by atoms with van der Waals surface area (Å²) >= 11 is 6.12. The van der Waals surface area contributed by atoms with Crippen LogP contribution in [0.25, 0.3) is 0 Å². The largest absolute Gasteiger partial charge is 0.454 e. The number of hydrogen-bond acceptors (Lipinski definition) is 3. The molecular weight excluding hydrogens is 310 g/mol. The van der Waals surface area contributed by atoms with Gasteiger partial charge in [-0.2, -0.15) is 5.26 Å². The summed E-state index contributed by atoms with van der Waals surface area (Å²) in [7, 11) is 0. The minimum atomic E-state index is 0.468. The van der Waals surface area contributed by atoms with Crippen molar-refractivity contribution in [3.8, 4) is 17.6 Å². The number of rotatable bonds is 4. The fraction of sp³-hybridized carbons (Fsp3) is 0.111. The third-order valence-electron chi connectivity index (χ3n) is 3.35. The summed E-state index contributed by atoms with van der Waals surface area (Å²) in [6.07, 6.45) is 3.74. The number of nitriles is 1. The van der Waals surface area contributed by atoms with Crippen LogP contribution in [0, 0.1) is 18.3 Å². The SMILES string of the molecule is Cc1cn(Cc2ccc(C#N)c(Oc3ccccc3Cl)c2)cn1. The zero-order chi connectivity index (χ0) is 16.2.